The van der Waals surface area contributed by atoms with Crippen LogP contribution >= 0.6 is 22.7 Å². The van der Waals surface area contributed by atoms with Gasteiger partial charge >= 0.3 is 0 Å². The number of thiazole rings is 2. The van der Waals surface area contributed by atoms with Gasteiger partial charge in [0.05, 0.1) is 42.5 Å². The predicted octanol–water partition coefficient (Wildman–Crippen LogP) is 12.4. The van der Waals surface area contributed by atoms with Crippen LogP contribution in [0, 0.1) is 0 Å². The first kappa shape index (κ1) is 27.8. The van der Waals surface area contributed by atoms with Crippen LogP contribution < -0.4 is 0 Å². The molecule has 0 saturated heterocycles. The molecule has 4 heterocycles. The molecule has 11 rings (SSSR count). The smallest absolute Gasteiger partial charge is 0.124 e. The van der Waals surface area contributed by atoms with Gasteiger partial charge in [-0.25, -0.2) is 9.97 Å². The summed E-state index contributed by atoms with van der Waals surface area (Å²) >= 11 is 3.49. The molecule has 0 saturated carbocycles. The highest BCUT2D eigenvalue weighted by Gasteiger charge is 2.17. The largest absolute Gasteiger partial charge is 0.309 e. The van der Waals surface area contributed by atoms with Crippen molar-refractivity contribution in [3.8, 4) is 32.5 Å². The van der Waals surface area contributed by atoms with Crippen molar-refractivity contribution in [1.29, 1.82) is 0 Å². The number of para-hydroxylation sites is 4. The summed E-state index contributed by atoms with van der Waals surface area (Å²) in [7, 11) is 0. The lowest BCUT2D eigenvalue weighted by Gasteiger charge is -2.12. The number of benzene rings is 7. The SMILES string of the molecule is c1ccc2sc(-c3ccc4c(c3)c3ccccc3n4-c3ccc(-n4c5ccccc5c5cc(-c6nc7ccccc7s6)ccc54)cc3)nc2c1. The number of rotatable bonds is 4. The first-order valence-electron chi connectivity index (χ1n) is 16.7. The Labute approximate surface area is 294 Å². The third-order valence-electron chi connectivity index (χ3n) is 9.79. The number of aromatic nitrogens is 4. The topological polar surface area (TPSA) is 35.6 Å². The highest BCUT2D eigenvalue weighted by Crippen LogP contribution is 2.39. The lowest BCUT2D eigenvalue weighted by molar-refractivity contribution is 1.14. The van der Waals surface area contributed by atoms with E-state index in [0.29, 0.717) is 0 Å². The molecule has 4 nitrogen and oxygen atoms in total. The molecule has 0 aliphatic carbocycles. The first-order chi connectivity index (χ1) is 24.8. The maximum Gasteiger partial charge on any atom is 0.124 e. The van der Waals surface area contributed by atoms with E-state index < -0.39 is 0 Å². The molecule has 234 valence electrons. The molecular weight excluding hydrogens is 649 g/mol. The van der Waals surface area contributed by atoms with Crippen molar-refractivity contribution in [3.05, 3.63) is 158 Å². The van der Waals surface area contributed by atoms with Gasteiger partial charge in [0.1, 0.15) is 10.0 Å². The molecular formula is C44H26N4S2. The lowest BCUT2D eigenvalue weighted by Crippen LogP contribution is -1.97. The minimum atomic E-state index is 1.05. The van der Waals surface area contributed by atoms with Gasteiger partial charge in [-0.3, -0.25) is 0 Å². The third kappa shape index (κ3) is 4.16. The number of hydrogen-bond acceptors (Lipinski definition) is 4. The van der Waals surface area contributed by atoms with Crippen molar-refractivity contribution in [2.45, 2.75) is 0 Å². The Morgan fingerprint density at radius 3 is 1.22 bits per heavy atom. The average Bonchev–Trinajstić information content (AvgIpc) is 3.95. The minimum absolute atomic E-state index is 1.05. The summed E-state index contributed by atoms with van der Waals surface area (Å²) < 4.78 is 7.18. The van der Waals surface area contributed by atoms with Crippen molar-refractivity contribution in [1.82, 2.24) is 19.1 Å². The Hall–Kier alpha value is -6.08. The molecule has 0 N–H and O–H groups in total. The van der Waals surface area contributed by atoms with Gasteiger partial charge in [0.2, 0.25) is 0 Å². The average molecular weight is 675 g/mol. The van der Waals surface area contributed by atoms with Gasteiger partial charge < -0.3 is 9.13 Å². The van der Waals surface area contributed by atoms with Crippen LogP contribution in [0.2, 0.25) is 0 Å². The number of fused-ring (bicyclic) bond motifs is 8. The molecule has 0 aliphatic heterocycles. The Morgan fingerprint density at radius 2 is 0.760 bits per heavy atom. The monoisotopic (exact) mass is 674 g/mol. The molecule has 50 heavy (non-hydrogen) atoms. The van der Waals surface area contributed by atoms with Gasteiger partial charge in [-0.15, -0.1) is 22.7 Å². The summed E-state index contributed by atoms with van der Waals surface area (Å²) in [6.07, 6.45) is 0. The second-order valence-corrected chi connectivity index (χ2v) is 14.7. The second kappa shape index (κ2) is 10.7. The van der Waals surface area contributed by atoms with E-state index in [1.54, 1.807) is 22.7 Å². The van der Waals surface area contributed by atoms with Crippen molar-refractivity contribution in [3.63, 3.8) is 0 Å². The fraction of sp³-hybridized carbons (Fsp3) is 0. The van der Waals surface area contributed by atoms with Crippen LogP contribution in [0.4, 0.5) is 0 Å². The van der Waals surface area contributed by atoms with Gasteiger partial charge in [0, 0.05) is 44.0 Å². The van der Waals surface area contributed by atoms with E-state index in [-0.39, 0.29) is 0 Å². The molecule has 0 bridgehead atoms. The minimum Gasteiger partial charge on any atom is -0.309 e. The van der Waals surface area contributed by atoms with Crippen LogP contribution in [-0.2, 0) is 0 Å². The Morgan fingerprint density at radius 1 is 0.360 bits per heavy atom. The molecule has 0 aliphatic rings. The van der Waals surface area contributed by atoms with Crippen LogP contribution in [0.15, 0.2) is 158 Å². The quantitative estimate of drug-likeness (QED) is 0.186. The summed E-state index contributed by atoms with van der Waals surface area (Å²) in [5.41, 5.74) is 11.4. The first-order valence-corrected chi connectivity index (χ1v) is 18.3. The molecule has 0 unspecified atom stereocenters. The Kier molecular flexibility index (Phi) is 5.96. The molecule has 11 aromatic rings. The van der Waals surface area contributed by atoms with Crippen LogP contribution in [0.3, 0.4) is 0 Å². The summed E-state index contributed by atoms with van der Waals surface area (Å²) in [6.45, 7) is 0. The summed E-state index contributed by atoms with van der Waals surface area (Å²) in [5.74, 6) is 0. The van der Waals surface area contributed by atoms with Crippen molar-refractivity contribution >= 4 is 86.7 Å². The van der Waals surface area contributed by atoms with Crippen LogP contribution in [0.25, 0.3) is 96.6 Å². The highest BCUT2D eigenvalue weighted by molar-refractivity contribution is 7.22. The standard InChI is InChI=1S/C44H26N4S2/c1-5-13-37-31(9-1)33-25-27(43-45-35-11-3-7-15-41(35)49-43)17-23-39(33)47(37)29-19-21-30(22-20-29)48-38-14-6-2-10-32(38)34-26-28(18-24-40(34)48)44-46-36-12-4-8-16-42(36)50-44/h1-26H. The van der Waals surface area contributed by atoms with Gasteiger partial charge in [-0.05, 0) is 97.1 Å². The zero-order chi connectivity index (χ0) is 32.8. The normalized spacial score (nSPS) is 12.0. The van der Waals surface area contributed by atoms with E-state index in [1.807, 2.05) is 0 Å². The van der Waals surface area contributed by atoms with Crippen molar-refractivity contribution in [2.75, 3.05) is 0 Å². The van der Waals surface area contributed by atoms with Crippen LogP contribution in [-0.4, -0.2) is 19.1 Å². The van der Waals surface area contributed by atoms with E-state index in [4.69, 9.17) is 9.97 Å². The maximum absolute atomic E-state index is 4.95. The third-order valence-corrected chi connectivity index (χ3v) is 12.0. The Balaban J connectivity index is 1.03. The van der Waals surface area contributed by atoms with Crippen LogP contribution in [0.5, 0.6) is 0 Å². The summed E-state index contributed by atoms with van der Waals surface area (Å²) in [6, 6.07) is 56.7. The number of nitrogens with zero attached hydrogens (tertiary/aromatic N) is 4. The molecule has 0 amide bonds. The summed E-state index contributed by atoms with van der Waals surface area (Å²) in [4.78, 5) is 9.90. The molecule has 0 spiro atoms. The van der Waals surface area contributed by atoms with E-state index in [9.17, 15) is 0 Å². The van der Waals surface area contributed by atoms with E-state index in [1.165, 1.54) is 53.0 Å². The van der Waals surface area contributed by atoms with Crippen LogP contribution in [0.1, 0.15) is 0 Å². The predicted molar refractivity (Wildman–Crippen MR) is 212 cm³/mol. The lowest BCUT2D eigenvalue weighted by atomic mass is 10.1. The molecule has 0 fully saturated rings. The summed E-state index contributed by atoms with van der Waals surface area (Å²) in [5, 5.41) is 7.03. The molecule has 0 atom stereocenters. The number of hydrogen-bond donors (Lipinski definition) is 0. The van der Waals surface area contributed by atoms with Gasteiger partial charge in [0.15, 0.2) is 0 Å². The fourth-order valence-electron chi connectivity index (χ4n) is 7.51. The zero-order valence-corrected chi connectivity index (χ0v) is 28.2. The fourth-order valence-corrected chi connectivity index (χ4v) is 9.43. The zero-order valence-electron chi connectivity index (χ0n) is 26.6. The Bertz CT molecular complexity index is 2830. The maximum atomic E-state index is 4.95. The highest BCUT2D eigenvalue weighted by atomic mass is 32.1. The molecule has 4 aromatic heterocycles. The van der Waals surface area contributed by atoms with Gasteiger partial charge in [-0.2, -0.15) is 0 Å². The molecule has 7 aromatic carbocycles. The van der Waals surface area contributed by atoms with Gasteiger partial charge in [0.25, 0.3) is 0 Å². The van der Waals surface area contributed by atoms with E-state index >= 15 is 0 Å². The van der Waals surface area contributed by atoms with Crippen molar-refractivity contribution < 1.29 is 0 Å². The molecule has 6 heteroatoms. The van der Waals surface area contributed by atoms with Crippen molar-refractivity contribution in [2.24, 2.45) is 0 Å². The van der Waals surface area contributed by atoms with E-state index in [0.717, 1.165) is 43.6 Å². The molecule has 0 radical (unpaired) electrons. The van der Waals surface area contributed by atoms with E-state index in [2.05, 4.69) is 167 Å². The van der Waals surface area contributed by atoms with Gasteiger partial charge in [-0.1, -0.05) is 60.7 Å². The second-order valence-electron chi connectivity index (χ2n) is 12.7.